The van der Waals surface area contributed by atoms with Crippen LogP contribution in [0.15, 0.2) is 30.3 Å². The molecule has 0 saturated carbocycles. The van der Waals surface area contributed by atoms with E-state index in [1.54, 1.807) is 0 Å². The Bertz CT molecular complexity index is 958. The van der Waals surface area contributed by atoms with Crippen LogP contribution in [0.2, 0.25) is 0 Å². The fraction of sp³-hybridized carbons (Fsp3) is 0. The van der Waals surface area contributed by atoms with Gasteiger partial charge in [0.25, 0.3) is 0 Å². The van der Waals surface area contributed by atoms with Crippen molar-refractivity contribution in [3.05, 3.63) is 66.2 Å². The number of aromatic carboxylic acids is 1. The summed E-state index contributed by atoms with van der Waals surface area (Å²) in [6, 6.07) is 5.61. The number of nitrogens with one attached hydrogen (secondary N) is 1. The van der Waals surface area contributed by atoms with Gasteiger partial charge in [-0.2, -0.15) is 0 Å². The summed E-state index contributed by atoms with van der Waals surface area (Å²) in [7, 11) is 0. The van der Waals surface area contributed by atoms with E-state index < -0.39 is 49.2 Å². The molecule has 4 N–H and O–H groups in total. The predicted octanol–water partition coefficient (Wildman–Crippen LogP) is 2.44. The number of rotatable bonds is 6. The van der Waals surface area contributed by atoms with E-state index >= 15 is 0 Å². The highest BCUT2D eigenvalue weighted by Crippen LogP contribution is 2.45. The monoisotopic (exact) mass is 363 g/mol. The molecule has 134 valence electrons. The molecule has 0 atom stereocenters. The van der Waals surface area contributed by atoms with Crippen molar-refractivity contribution in [2.45, 2.75) is 0 Å². The third kappa shape index (κ3) is 3.16. The minimum Gasteiger partial charge on any atom is -0.478 e. The molecule has 0 radical (unpaired) electrons. The number of carboxylic acid groups (broad SMARTS) is 1. The lowest BCUT2D eigenvalue weighted by molar-refractivity contribution is -0.400. The molecule has 0 aliphatic carbocycles. The van der Waals surface area contributed by atoms with Gasteiger partial charge >= 0.3 is 23.0 Å². The zero-order valence-corrected chi connectivity index (χ0v) is 12.6. The Balaban J connectivity index is 2.81. The molecule has 0 heterocycles. The Morgan fingerprint density at radius 1 is 1.00 bits per heavy atom. The van der Waals surface area contributed by atoms with Gasteiger partial charge in [-0.15, -0.1) is 0 Å². The summed E-state index contributed by atoms with van der Waals surface area (Å²) in [4.78, 5) is 41.5. The number of hydrogen-bond donors (Lipinski definition) is 3. The highest BCUT2D eigenvalue weighted by molar-refractivity contribution is 5.98. The maximum atomic E-state index is 11.3. The maximum absolute atomic E-state index is 11.3. The third-order valence-corrected chi connectivity index (χ3v) is 3.29. The van der Waals surface area contributed by atoms with E-state index in [1.165, 1.54) is 18.2 Å². The van der Waals surface area contributed by atoms with E-state index in [1.807, 2.05) is 0 Å². The number of anilines is 3. The number of nitrogen functional groups attached to an aromatic ring is 1. The fourth-order valence-corrected chi connectivity index (χ4v) is 2.18. The molecular formula is C13H9N5O8. The number of nitrogens with two attached hydrogens (primary N) is 1. The lowest BCUT2D eigenvalue weighted by atomic mass is 10.1. The van der Waals surface area contributed by atoms with Gasteiger partial charge in [-0.3, -0.25) is 30.3 Å². The van der Waals surface area contributed by atoms with Gasteiger partial charge in [0.15, 0.2) is 11.4 Å². The van der Waals surface area contributed by atoms with Crippen LogP contribution in [0.5, 0.6) is 0 Å². The molecule has 26 heavy (non-hydrogen) atoms. The van der Waals surface area contributed by atoms with Crippen molar-refractivity contribution in [2.24, 2.45) is 0 Å². The van der Waals surface area contributed by atoms with Crippen LogP contribution in [0.4, 0.5) is 34.1 Å². The predicted molar refractivity (Wildman–Crippen MR) is 87.5 cm³/mol. The Morgan fingerprint density at radius 2 is 1.58 bits per heavy atom. The van der Waals surface area contributed by atoms with E-state index in [2.05, 4.69) is 5.32 Å². The Labute approximate surface area is 143 Å². The van der Waals surface area contributed by atoms with E-state index in [-0.39, 0.29) is 11.3 Å². The van der Waals surface area contributed by atoms with Gasteiger partial charge in [-0.05, 0) is 12.1 Å². The van der Waals surface area contributed by atoms with Crippen molar-refractivity contribution < 1.29 is 24.7 Å². The number of nitrogens with zero attached hydrogens (tertiary/aromatic N) is 3. The lowest BCUT2D eigenvalue weighted by Gasteiger charge is -2.11. The number of carboxylic acids is 1. The minimum absolute atomic E-state index is 0.195. The van der Waals surface area contributed by atoms with Crippen LogP contribution in [0, 0.1) is 30.3 Å². The smallest absolute Gasteiger partial charge is 0.337 e. The molecule has 0 spiro atoms. The normalized spacial score (nSPS) is 10.2. The number of nitro benzene ring substituents is 3. The van der Waals surface area contributed by atoms with E-state index in [4.69, 9.17) is 10.8 Å². The van der Waals surface area contributed by atoms with Gasteiger partial charge < -0.3 is 16.2 Å². The van der Waals surface area contributed by atoms with Crippen LogP contribution in [-0.4, -0.2) is 25.8 Å². The maximum Gasteiger partial charge on any atom is 0.337 e. The Morgan fingerprint density at radius 3 is 2.08 bits per heavy atom. The number of benzene rings is 2. The van der Waals surface area contributed by atoms with Crippen molar-refractivity contribution in [3.63, 3.8) is 0 Å². The van der Waals surface area contributed by atoms with Gasteiger partial charge in [0, 0.05) is 0 Å². The average Bonchev–Trinajstić information content (AvgIpc) is 2.54. The molecule has 0 aliphatic heterocycles. The second-order valence-corrected chi connectivity index (χ2v) is 4.80. The van der Waals surface area contributed by atoms with Crippen LogP contribution in [0.3, 0.4) is 0 Å². The standard InChI is InChI=1S/C13H9N5O8/c14-10-8(16(21)22)5-9(17(23)24)11(12(10)18(25)26)15-7-4-2-1-3-6(7)13(19)20/h1-5,15H,14H2,(H,19,20). The summed E-state index contributed by atoms with van der Waals surface area (Å²) in [5, 5.41) is 45.0. The van der Waals surface area contributed by atoms with E-state index in [0.29, 0.717) is 6.07 Å². The van der Waals surface area contributed by atoms with Gasteiger partial charge in [-0.1, -0.05) is 12.1 Å². The molecule has 0 unspecified atom stereocenters. The molecule has 2 rings (SSSR count). The minimum atomic E-state index is -1.40. The highest BCUT2D eigenvalue weighted by Gasteiger charge is 2.36. The van der Waals surface area contributed by atoms with Gasteiger partial charge in [0.2, 0.25) is 0 Å². The molecule has 2 aromatic rings. The van der Waals surface area contributed by atoms with Crippen molar-refractivity contribution in [1.29, 1.82) is 0 Å². The zero-order valence-electron chi connectivity index (χ0n) is 12.6. The van der Waals surface area contributed by atoms with Crippen LogP contribution in [-0.2, 0) is 0 Å². The first-order valence-corrected chi connectivity index (χ1v) is 6.64. The molecule has 2 aromatic carbocycles. The van der Waals surface area contributed by atoms with Crippen LogP contribution < -0.4 is 11.1 Å². The molecule has 0 aromatic heterocycles. The summed E-state index contributed by atoms with van der Waals surface area (Å²) in [6.45, 7) is 0. The van der Waals surface area contributed by atoms with Gasteiger partial charge in [0.05, 0.1) is 32.1 Å². The third-order valence-electron chi connectivity index (χ3n) is 3.29. The average molecular weight is 363 g/mol. The second-order valence-electron chi connectivity index (χ2n) is 4.80. The number of para-hydroxylation sites is 1. The fourth-order valence-electron chi connectivity index (χ4n) is 2.18. The van der Waals surface area contributed by atoms with Crippen LogP contribution >= 0.6 is 0 Å². The van der Waals surface area contributed by atoms with Gasteiger partial charge in [0.1, 0.15) is 0 Å². The quantitative estimate of drug-likeness (QED) is 0.388. The van der Waals surface area contributed by atoms with Crippen molar-refractivity contribution >= 4 is 40.1 Å². The lowest BCUT2D eigenvalue weighted by Crippen LogP contribution is -2.09. The SMILES string of the molecule is Nc1c([N+](=O)[O-])cc([N+](=O)[O-])c(Nc2ccccc2C(=O)O)c1[N+](=O)[O-]. The molecule has 13 heteroatoms. The molecule has 0 saturated heterocycles. The molecule has 13 nitrogen and oxygen atoms in total. The first-order valence-electron chi connectivity index (χ1n) is 6.64. The molecule has 0 aliphatic rings. The summed E-state index contributed by atoms with van der Waals surface area (Å²) in [6.07, 6.45) is 0. The first-order chi connectivity index (χ1) is 12.1. The molecule has 0 amide bonds. The molecular weight excluding hydrogens is 354 g/mol. The van der Waals surface area contributed by atoms with Crippen molar-refractivity contribution in [1.82, 2.24) is 0 Å². The van der Waals surface area contributed by atoms with Crippen molar-refractivity contribution in [2.75, 3.05) is 11.1 Å². The van der Waals surface area contributed by atoms with Crippen LogP contribution in [0.25, 0.3) is 0 Å². The second kappa shape index (κ2) is 6.68. The summed E-state index contributed by atoms with van der Waals surface area (Å²) < 4.78 is 0. The van der Waals surface area contributed by atoms with Crippen LogP contribution in [0.1, 0.15) is 10.4 Å². The summed E-state index contributed by atoms with van der Waals surface area (Å²) in [5.41, 5.74) is 0.134. The first kappa shape index (κ1) is 18.1. The molecule has 0 bridgehead atoms. The summed E-state index contributed by atoms with van der Waals surface area (Å²) >= 11 is 0. The topological polar surface area (TPSA) is 205 Å². The largest absolute Gasteiger partial charge is 0.478 e. The van der Waals surface area contributed by atoms with Gasteiger partial charge in [-0.25, -0.2) is 4.79 Å². The van der Waals surface area contributed by atoms with Crippen molar-refractivity contribution in [3.8, 4) is 0 Å². The van der Waals surface area contributed by atoms with E-state index in [9.17, 15) is 35.1 Å². The summed E-state index contributed by atoms with van der Waals surface area (Å²) in [5.74, 6) is -1.40. The zero-order chi connectivity index (χ0) is 19.6. The molecule has 0 fully saturated rings. The number of nitro groups is 3. The number of carbonyl (C=O) groups is 1. The Hall–Kier alpha value is -4.29. The Kier molecular flexibility index (Phi) is 4.64. The highest BCUT2D eigenvalue weighted by atomic mass is 16.6. The number of hydrogen-bond acceptors (Lipinski definition) is 9. The van der Waals surface area contributed by atoms with E-state index in [0.717, 1.165) is 6.07 Å².